The van der Waals surface area contributed by atoms with E-state index in [1.54, 1.807) is 0 Å². The Morgan fingerprint density at radius 2 is 1.95 bits per heavy atom. The van der Waals surface area contributed by atoms with Gasteiger partial charge in [-0.1, -0.05) is 37.3 Å². The molecule has 110 valence electrons. The van der Waals surface area contributed by atoms with E-state index in [4.69, 9.17) is 0 Å². The van der Waals surface area contributed by atoms with E-state index in [2.05, 4.69) is 62.2 Å². The lowest BCUT2D eigenvalue weighted by Crippen LogP contribution is -2.50. The van der Waals surface area contributed by atoms with Gasteiger partial charge in [-0.05, 0) is 43.7 Å². The number of hydrogen-bond acceptors (Lipinski definition) is 2. The van der Waals surface area contributed by atoms with E-state index >= 15 is 0 Å². The Hall–Kier alpha value is -1.04. The average Bonchev–Trinajstić information content (AvgIpc) is 2.38. The van der Waals surface area contributed by atoms with Crippen LogP contribution in [-0.2, 0) is 6.42 Å². The molecule has 3 atom stereocenters. The Balaban J connectivity index is 0.00000200. The van der Waals surface area contributed by atoms with Crippen LogP contribution in [0.2, 0.25) is 0 Å². The smallest absolute Gasteiger partial charge is 0.0627 e. The highest BCUT2D eigenvalue weighted by molar-refractivity contribution is 5.85. The third kappa shape index (κ3) is 3.53. The lowest BCUT2D eigenvalue weighted by Gasteiger charge is -2.48. The molecule has 0 bridgehead atoms. The largest absolute Gasteiger partial charge is 0.303 e. The maximum absolute atomic E-state index is 9.27. The summed E-state index contributed by atoms with van der Waals surface area (Å²) in [6.45, 7) is 5.68. The van der Waals surface area contributed by atoms with Gasteiger partial charge in [0.05, 0.1) is 6.07 Å². The molecular weight excluding hydrogens is 268 g/mol. The maximum atomic E-state index is 9.27. The third-order valence-corrected chi connectivity index (χ3v) is 4.89. The summed E-state index contributed by atoms with van der Waals surface area (Å²) in [5.74, 6) is 0.563. The van der Waals surface area contributed by atoms with Gasteiger partial charge in [-0.2, -0.15) is 5.26 Å². The first kappa shape index (κ1) is 17.0. The van der Waals surface area contributed by atoms with Crippen molar-refractivity contribution in [2.75, 3.05) is 13.6 Å². The number of likely N-dealkylation sites (tertiary alicyclic amines) is 1. The summed E-state index contributed by atoms with van der Waals surface area (Å²) < 4.78 is 0. The van der Waals surface area contributed by atoms with Crippen LogP contribution in [0.4, 0.5) is 0 Å². The molecule has 0 aliphatic carbocycles. The van der Waals surface area contributed by atoms with Gasteiger partial charge in [0, 0.05) is 19.0 Å². The van der Waals surface area contributed by atoms with Crippen LogP contribution < -0.4 is 0 Å². The molecule has 0 saturated carbocycles. The monoisotopic (exact) mass is 292 g/mol. The number of hydrogen-bond donors (Lipinski definition) is 0. The molecule has 1 aromatic carbocycles. The molecule has 2 rings (SSSR count). The molecule has 20 heavy (non-hydrogen) atoms. The summed E-state index contributed by atoms with van der Waals surface area (Å²) in [6, 6.07) is 13.6. The topological polar surface area (TPSA) is 27.0 Å². The molecule has 1 fully saturated rings. The van der Waals surface area contributed by atoms with E-state index in [9.17, 15) is 5.26 Å². The number of piperidine rings is 1. The van der Waals surface area contributed by atoms with E-state index in [1.165, 1.54) is 5.56 Å². The van der Waals surface area contributed by atoms with E-state index < -0.39 is 0 Å². The Bertz CT molecular complexity index is 454. The zero-order valence-corrected chi connectivity index (χ0v) is 13.5. The van der Waals surface area contributed by atoms with Gasteiger partial charge in [0.2, 0.25) is 0 Å². The molecule has 1 aliphatic rings. The van der Waals surface area contributed by atoms with Crippen LogP contribution >= 0.6 is 12.4 Å². The van der Waals surface area contributed by atoms with Crippen molar-refractivity contribution < 1.29 is 0 Å². The molecule has 0 aromatic heterocycles. The SMILES string of the molecule is CC1CC(CC#N)(Cc2ccccc2)C(C)CN1C.Cl. The number of nitriles is 1. The predicted octanol–water partition coefficient (Wildman–Crippen LogP) is 3.91. The highest BCUT2D eigenvalue weighted by atomic mass is 35.5. The molecule has 1 aliphatic heterocycles. The van der Waals surface area contributed by atoms with Crippen molar-refractivity contribution in [3.05, 3.63) is 35.9 Å². The quantitative estimate of drug-likeness (QED) is 0.844. The van der Waals surface area contributed by atoms with Gasteiger partial charge in [0.15, 0.2) is 0 Å². The standard InChI is InChI=1S/C17H24N2.ClH/c1-14-13-19(3)15(2)11-17(14,9-10-18)12-16-7-5-4-6-8-16;/h4-8,14-15H,9,11-13H2,1-3H3;1H. The highest BCUT2D eigenvalue weighted by Gasteiger charge is 2.42. The zero-order chi connectivity index (χ0) is 13.9. The highest BCUT2D eigenvalue weighted by Crippen LogP contribution is 2.44. The predicted molar refractivity (Wildman–Crippen MR) is 85.9 cm³/mol. The molecule has 0 spiro atoms. The Kier molecular flexibility index (Phi) is 6.05. The molecule has 0 amide bonds. The van der Waals surface area contributed by atoms with Crippen LogP contribution in [0.5, 0.6) is 0 Å². The summed E-state index contributed by atoms with van der Waals surface area (Å²) in [4.78, 5) is 2.42. The number of benzene rings is 1. The van der Waals surface area contributed by atoms with Crippen molar-refractivity contribution in [2.24, 2.45) is 11.3 Å². The van der Waals surface area contributed by atoms with Crippen molar-refractivity contribution in [2.45, 2.75) is 39.2 Å². The van der Waals surface area contributed by atoms with Crippen LogP contribution in [0.25, 0.3) is 0 Å². The fourth-order valence-corrected chi connectivity index (χ4v) is 3.47. The summed E-state index contributed by atoms with van der Waals surface area (Å²) >= 11 is 0. The van der Waals surface area contributed by atoms with E-state index in [-0.39, 0.29) is 17.8 Å². The number of nitrogens with zero attached hydrogens (tertiary/aromatic N) is 2. The fraction of sp³-hybridized carbons (Fsp3) is 0.588. The summed E-state index contributed by atoms with van der Waals surface area (Å²) in [5, 5.41) is 9.27. The van der Waals surface area contributed by atoms with Crippen molar-refractivity contribution in [1.29, 1.82) is 5.26 Å². The van der Waals surface area contributed by atoms with E-state index in [1.807, 2.05) is 0 Å². The first-order valence-corrected chi connectivity index (χ1v) is 7.18. The summed E-state index contributed by atoms with van der Waals surface area (Å²) in [5.41, 5.74) is 1.50. The second kappa shape index (κ2) is 7.11. The average molecular weight is 293 g/mol. The van der Waals surface area contributed by atoms with Crippen molar-refractivity contribution in [1.82, 2.24) is 4.90 Å². The zero-order valence-electron chi connectivity index (χ0n) is 12.7. The molecule has 3 unspecified atom stereocenters. The van der Waals surface area contributed by atoms with E-state index in [0.717, 1.165) is 19.4 Å². The van der Waals surface area contributed by atoms with Gasteiger partial charge in [0.25, 0.3) is 0 Å². The van der Waals surface area contributed by atoms with Crippen LogP contribution in [0, 0.1) is 22.7 Å². The van der Waals surface area contributed by atoms with Gasteiger partial charge in [-0.15, -0.1) is 12.4 Å². The van der Waals surface area contributed by atoms with Crippen molar-refractivity contribution in [3.8, 4) is 6.07 Å². The first-order valence-electron chi connectivity index (χ1n) is 7.18. The minimum atomic E-state index is 0. The summed E-state index contributed by atoms with van der Waals surface area (Å²) in [7, 11) is 2.19. The van der Waals surface area contributed by atoms with Crippen LogP contribution in [-0.4, -0.2) is 24.5 Å². The molecular formula is C17H25ClN2. The first-order chi connectivity index (χ1) is 9.07. The Morgan fingerprint density at radius 1 is 1.30 bits per heavy atom. The minimum absolute atomic E-state index is 0. The third-order valence-electron chi connectivity index (χ3n) is 4.89. The van der Waals surface area contributed by atoms with Gasteiger partial charge in [-0.25, -0.2) is 0 Å². The number of rotatable bonds is 3. The minimum Gasteiger partial charge on any atom is -0.303 e. The molecule has 3 heteroatoms. The molecule has 1 saturated heterocycles. The normalized spacial score (nSPS) is 30.3. The molecule has 1 aromatic rings. The Morgan fingerprint density at radius 3 is 2.55 bits per heavy atom. The van der Waals surface area contributed by atoms with Crippen LogP contribution in [0.3, 0.4) is 0 Å². The van der Waals surface area contributed by atoms with Crippen LogP contribution in [0.15, 0.2) is 30.3 Å². The second-order valence-corrected chi connectivity index (χ2v) is 6.25. The maximum Gasteiger partial charge on any atom is 0.0627 e. The van der Waals surface area contributed by atoms with Gasteiger partial charge in [-0.3, -0.25) is 0 Å². The molecule has 0 N–H and O–H groups in total. The van der Waals surface area contributed by atoms with Crippen molar-refractivity contribution in [3.63, 3.8) is 0 Å². The second-order valence-electron chi connectivity index (χ2n) is 6.25. The number of halogens is 1. The summed E-state index contributed by atoms with van der Waals surface area (Å²) in [6.07, 6.45) is 2.81. The molecule has 2 nitrogen and oxygen atoms in total. The van der Waals surface area contributed by atoms with Crippen molar-refractivity contribution >= 4 is 12.4 Å². The molecule has 0 radical (unpaired) electrons. The lowest BCUT2D eigenvalue weighted by atomic mass is 9.64. The van der Waals surface area contributed by atoms with Gasteiger partial charge in [0.1, 0.15) is 0 Å². The fourth-order valence-electron chi connectivity index (χ4n) is 3.47. The Labute approximate surface area is 129 Å². The van der Waals surface area contributed by atoms with Gasteiger partial charge >= 0.3 is 0 Å². The van der Waals surface area contributed by atoms with E-state index in [0.29, 0.717) is 18.4 Å². The van der Waals surface area contributed by atoms with Gasteiger partial charge < -0.3 is 4.90 Å². The van der Waals surface area contributed by atoms with Crippen LogP contribution in [0.1, 0.15) is 32.3 Å². The lowest BCUT2D eigenvalue weighted by molar-refractivity contribution is 0.0228. The molecule has 1 heterocycles.